The molecule has 1 aromatic carbocycles. The summed E-state index contributed by atoms with van der Waals surface area (Å²) in [5.41, 5.74) is 1.55. The second-order valence-electron chi connectivity index (χ2n) is 5.74. The van der Waals surface area contributed by atoms with Crippen molar-refractivity contribution in [3.05, 3.63) is 69.3 Å². The zero-order valence-corrected chi connectivity index (χ0v) is 17.3. The number of aromatic nitrogens is 3. The maximum Gasteiger partial charge on any atom is 0.338 e. The first kappa shape index (κ1) is 18.9. The van der Waals surface area contributed by atoms with Crippen LogP contribution in [0.15, 0.2) is 56.6 Å². The Balaban J connectivity index is 1.30. The summed E-state index contributed by atoms with van der Waals surface area (Å²) >= 11 is 4.84. The summed E-state index contributed by atoms with van der Waals surface area (Å²) < 4.78 is 10.4. The van der Waals surface area contributed by atoms with E-state index in [0.717, 1.165) is 26.2 Å². The molecule has 0 saturated heterocycles. The van der Waals surface area contributed by atoms with E-state index in [2.05, 4.69) is 20.5 Å². The van der Waals surface area contributed by atoms with Crippen LogP contribution in [0.2, 0.25) is 0 Å². The summed E-state index contributed by atoms with van der Waals surface area (Å²) in [6.45, 7) is 1.94. The van der Waals surface area contributed by atoms with Gasteiger partial charge in [-0.2, -0.15) is 4.98 Å². The number of hydrogen-bond acceptors (Lipinski definition) is 9. The van der Waals surface area contributed by atoms with Gasteiger partial charge in [-0.1, -0.05) is 11.2 Å². The van der Waals surface area contributed by atoms with Crippen LogP contribution in [0.3, 0.4) is 0 Å². The number of ether oxygens (including phenoxy) is 1. The van der Waals surface area contributed by atoms with Crippen LogP contribution >= 0.6 is 34.4 Å². The lowest BCUT2D eigenvalue weighted by Crippen LogP contribution is -2.05. The highest BCUT2D eigenvalue weighted by Gasteiger charge is 2.13. The third kappa shape index (κ3) is 4.67. The third-order valence-corrected chi connectivity index (χ3v) is 6.41. The fourth-order valence-electron chi connectivity index (χ4n) is 2.35. The zero-order chi connectivity index (χ0) is 19.3. The van der Waals surface area contributed by atoms with Crippen LogP contribution in [0.4, 0.5) is 0 Å². The van der Waals surface area contributed by atoms with E-state index in [1.54, 1.807) is 35.2 Å². The van der Waals surface area contributed by atoms with Gasteiger partial charge in [0, 0.05) is 16.0 Å². The minimum atomic E-state index is -0.428. The molecule has 6 nitrogen and oxygen atoms in total. The Bertz CT molecular complexity index is 1060. The molecule has 3 aromatic heterocycles. The van der Waals surface area contributed by atoms with E-state index in [1.165, 1.54) is 11.3 Å². The summed E-state index contributed by atoms with van der Waals surface area (Å²) in [6.07, 6.45) is 0. The summed E-state index contributed by atoms with van der Waals surface area (Å²) in [7, 11) is 0. The Morgan fingerprint density at radius 1 is 1.18 bits per heavy atom. The summed E-state index contributed by atoms with van der Waals surface area (Å²) in [5.74, 6) is 1.14. The van der Waals surface area contributed by atoms with Crippen molar-refractivity contribution in [1.82, 2.24) is 15.1 Å². The molecule has 28 heavy (non-hydrogen) atoms. The van der Waals surface area contributed by atoms with Gasteiger partial charge in [0.05, 0.1) is 21.1 Å². The van der Waals surface area contributed by atoms with Crippen molar-refractivity contribution in [3.8, 4) is 10.7 Å². The molecule has 0 aliphatic carbocycles. The number of carbonyl (C=O) groups excluding carboxylic acids is 1. The van der Waals surface area contributed by atoms with Crippen LogP contribution in [-0.4, -0.2) is 21.1 Å². The van der Waals surface area contributed by atoms with Gasteiger partial charge < -0.3 is 9.26 Å². The largest absolute Gasteiger partial charge is 0.452 e. The Morgan fingerprint density at radius 2 is 2.04 bits per heavy atom. The average Bonchev–Trinajstić information content (AvgIpc) is 3.46. The molecule has 0 aliphatic heterocycles. The molecular weight excluding hydrogens is 414 g/mol. The summed E-state index contributed by atoms with van der Waals surface area (Å²) in [5, 5.41) is 8.96. The predicted molar refractivity (Wildman–Crippen MR) is 110 cm³/mol. The highest BCUT2D eigenvalue weighted by Crippen LogP contribution is 2.24. The quantitative estimate of drug-likeness (QED) is 0.295. The SMILES string of the molecule is Cc1nc(CSc2ccc(C(=O)OCc3nc(-c4cccs4)no3)cc2)cs1. The molecule has 0 radical (unpaired) electrons. The van der Waals surface area contributed by atoms with E-state index >= 15 is 0 Å². The molecule has 0 fully saturated rings. The van der Waals surface area contributed by atoms with Gasteiger partial charge in [-0.15, -0.1) is 34.4 Å². The van der Waals surface area contributed by atoms with Crippen molar-refractivity contribution in [2.75, 3.05) is 0 Å². The smallest absolute Gasteiger partial charge is 0.338 e. The van der Waals surface area contributed by atoms with Crippen molar-refractivity contribution in [3.63, 3.8) is 0 Å². The molecule has 142 valence electrons. The van der Waals surface area contributed by atoms with E-state index in [0.29, 0.717) is 11.4 Å². The van der Waals surface area contributed by atoms with Crippen LogP contribution in [0.25, 0.3) is 10.7 Å². The molecule has 9 heteroatoms. The fourth-order valence-corrected chi connectivity index (χ4v) is 4.51. The van der Waals surface area contributed by atoms with Crippen molar-refractivity contribution < 1.29 is 14.1 Å². The highest BCUT2D eigenvalue weighted by molar-refractivity contribution is 7.98. The monoisotopic (exact) mass is 429 g/mol. The van der Waals surface area contributed by atoms with Crippen LogP contribution < -0.4 is 0 Å². The number of thiazole rings is 1. The molecule has 0 atom stereocenters. The lowest BCUT2D eigenvalue weighted by atomic mass is 10.2. The van der Waals surface area contributed by atoms with Gasteiger partial charge in [-0.3, -0.25) is 0 Å². The molecule has 0 saturated carbocycles. The van der Waals surface area contributed by atoms with Crippen molar-refractivity contribution in [1.29, 1.82) is 0 Å². The summed E-state index contributed by atoms with van der Waals surface area (Å²) in [6, 6.07) is 11.1. The minimum Gasteiger partial charge on any atom is -0.452 e. The predicted octanol–water partition coefficient (Wildman–Crippen LogP) is 5.21. The van der Waals surface area contributed by atoms with E-state index in [4.69, 9.17) is 9.26 Å². The molecule has 0 spiro atoms. The van der Waals surface area contributed by atoms with E-state index in [1.807, 2.05) is 36.6 Å². The molecule has 0 unspecified atom stereocenters. The average molecular weight is 430 g/mol. The number of thiophene rings is 1. The number of thioether (sulfide) groups is 1. The zero-order valence-electron chi connectivity index (χ0n) is 14.8. The third-order valence-electron chi connectivity index (χ3n) is 3.68. The Kier molecular flexibility index (Phi) is 5.84. The van der Waals surface area contributed by atoms with Crippen molar-refractivity contribution in [2.24, 2.45) is 0 Å². The second-order valence-corrected chi connectivity index (χ2v) is 8.79. The molecule has 0 amide bonds. The number of aryl methyl sites for hydroxylation is 1. The van der Waals surface area contributed by atoms with Gasteiger partial charge in [0.2, 0.25) is 5.82 Å². The van der Waals surface area contributed by atoms with Crippen molar-refractivity contribution >= 4 is 40.4 Å². The second kappa shape index (κ2) is 8.68. The molecule has 4 rings (SSSR count). The number of benzene rings is 1. The lowest BCUT2D eigenvalue weighted by Gasteiger charge is -2.04. The van der Waals surface area contributed by atoms with Crippen LogP contribution in [0.5, 0.6) is 0 Å². The molecule has 0 aliphatic rings. The number of carbonyl (C=O) groups is 1. The van der Waals surface area contributed by atoms with Gasteiger partial charge in [0.25, 0.3) is 5.89 Å². The number of rotatable bonds is 7. The lowest BCUT2D eigenvalue weighted by molar-refractivity contribution is 0.0429. The maximum atomic E-state index is 12.2. The van der Waals surface area contributed by atoms with Gasteiger partial charge in [0.15, 0.2) is 6.61 Å². The van der Waals surface area contributed by atoms with Gasteiger partial charge in [-0.05, 0) is 42.6 Å². The maximum absolute atomic E-state index is 12.2. The molecule has 3 heterocycles. The van der Waals surface area contributed by atoms with E-state index in [-0.39, 0.29) is 12.5 Å². The normalized spacial score (nSPS) is 10.9. The standard InChI is InChI=1S/C19H15N3O3S3/c1-12-20-14(10-27-12)11-28-15-6-4-13(5-7-15)19(23)24-9-17-21-18(22-25-17)16-3-2-8-26-16/h2-8,10H,9,11H2,1H3. The first-order valence-electron chi connectivity index (χ1n) is 8.35. The number of nitrogens with zero attached hydrogens (tertiary/aromatic N) is 3. The highest BCUT2D eigenvalue weighted by atomic mass is 32.2. The number of esters is 1. The van der Waals surface area contributed by atoms with Crippen LogP contribution in [-0.2, 0) is 17.1 Å². The Morgan fingerprint density at radius 3 is 2.75 bits per heavy atom. The van der Waals surface area contributed by atoms with E-state index in [9.17, 15) is 4.79 Å². The Hall–Kier alpha value is -2.49. The minimum absolute atomic E-state index is 0.0586. The van der Waals surface area contributed by atoms with Gasteiger partial charge >= 0.3 is 5.97 Å². The topological polar surface area (TPSA) is 78.1 Å². The number of hydrogen-bond donors (Lipinski definition) is 0. The van der Waals surface area contributed by atoms with Gasteiger partial charge in [0.1, 0.15) is 0 Å². The molecule has 0 N–H and O–H groups in total. The van der Waals surface area contributed by atoms with E-state index < -0.39 is 5.97 Å². The first-order chi connectivity index (χ1) is 13.7. The van der Waals surface area contributed by atoms with Gasteiger partial charge in [-0.25, -0.2) is 9.78 Å². The van der Waals surface area contributed by atoms with Crippen LogP contribution in [0.1, 0.15) is 27.0 Å². The molecule has 0 bridgehead atoms. The Labute approximate surface area is 173 Å². The molecule has 4 aromatic rings. The summed E-state index contributed by atoms with van der Waals surface area (Å²) in [4.78, 5) is 22.9. The fraction of sp³-hybridized carbons (Fsp3) is 0.158. The molecular formula is C19H15N3O3S3. The first-order valence-corrected chi connectivity index (χ1v) is 11.1. The van der Waals surface area contributed by atoms with Crippen LogP contribution in [0, 0.1) is 6.92 Å². The van der Waals surface area contributed by atoms with Crippen molar-refractivity contribution in [2.45, 2.75) is 24.2 Å².